The van der Waals surface area contributed by atoms with Crippen molar-refractivity contribution in [1.29, 1.82) is 0 Å². The summed E-state index contributed by atoms with van der Waals surface area (Å²) in [6.45, 7) is 2.22. The molecule has 0 aromatic heterocycles. The molecule has 0 radical (unpaired) electrons. The van der Waals surface area contributed by atoms with Crippen molar-refractivity contribution in [3.63, 3.8) is 0 Å². The monoisotopic (exact) mass is 352 g/mol. The average Bonchev–Trinajstić information content (AvgIpc) is 2.81. The van der Waals surface area contributed by atoms with Gasteiger partial charge in [0.1, 0.15) is 11.5 Å². The fourth-order valence-electron chi connectivity index (χ4n) is 5.78. The number of aliphatic hydroxyl groups excluding tert-OH is 1. The molecule has 1 aromatic rings. The van der Waals surface area contributed by atoms with Crippen molar-refractivity contribution in [3.8, 4) is 11.5 Å². The van der Waals surface area contributed by atoms with Crippen LogP contribution in [-0.2, 0) is 17.8 Å². The van der Waals surface area contributed by atoms with Gasteiger partial charge in [0.25, 0.3) is 0 Å². The highest BCUT2D eigenvalue weighted by atomic mass is 32.2. The van der Waals surface area contributed by atoms with Gasteiger partial charge in [-0.1, -0.05) is 6.92 Å². The summed E-state index contributed by atoms with van der Waals surface area (Å²) < 4.78 is 25.5. The molecular weight excluding hydrogens is 328 g/mol. The van der Waals surface area contributed by atoms with Crippen LogP contribution in [0.15, 0.2) is 12.1 Å². The second-order valence-electron chi connectivity index (χ2n) is 7.87. The Labute approximate surface area is 144 Å². The molecule has 3 aliphatic rings. The molecule has 4 rings (SSSR count). The first-order valence-corrected chi connectivity index (χ1v) is 9.76. The topological polar surface area (TPSA) is 87.0 Å². The van der Waals surface area contributed by atoms with E-state index in [0.717, 1.165) is 49.7 Å². The highest BCUT2D eigenvalue weighted by Gasteiger charge is 2.54. The fraction of sp³-hybridized carbons (Fsp3) is 0.667. The van der Waals surface area contributed by atoms with Gasteiger partial charge in [-0.15, -0.1) is 0 Å². The molecule has 0 spiro atoms. The van der Waals surface area contributed by atoms with Gasteiger partial charge in [0.2, 0.25) is 0 Å². The summed E-state index contributed by atoms with van der Waals surface area (Å²) in [4.78, 5) is 0. The number of rotatable bonds is 2. The summed E-state index contributed by atoms with van der Waals surface area (Å²) in [6, 6.07) is 3.21. The third-order valence-electron chi connectivity index (χ3n) is 6.88. The SMILES string of the molecule is C[C@]12CC[C@@H]3c4c(cc(O)cc4OS(=O)O)CC[C@H]3[C@@H]1CC[C@H]2O. The van der Waals surface area contributed by atoms with Crippen LogP contribution < -0.4 is 4.18 Å². The number of benzene rings is 1. The van der Waals surface area contributed by atoms with Crippen LogP contribution in [0.25, 0.3) is 0 Å². The molecule has 5 nitrogen and oxygen atoms in total. The molecule has 0 bridgehead atoms. The number of aromatic hydroxyl groups is 1. The summed E-state index contributed by atoms with van der Waals surface area (Å²) in [7, 11) is 0. The lowest BCUT2D eigenvalue weighted by molar-refractivity contribution is -0.0228. The fourth-order valence-corrected chi connectivity index (χ4v) is 6.08. The number of hydrogen-bond acceptors (Lipinski definition) is 4. The molecule has 0 saturated heterocycles. The van der Waals surface area contributed by atoms with Crippen LogP contribution in [-0.4, -0.2) is 25.1 Å². The molecule has 1 unspecified atom stereocenters. The maximum atomic E-state index is 11.2. The van der Waals surface area contributed by atoms with Gasteiger partial charge in [0.15, 0.2) is 0 Å². The van der Waals surface area contributed by atoms with Crippen LogP contribution in [0.3, 0.4) is 0 Å². The first-order chi connectivity index (χ1) is 11.4. The Bertz CT molecular complexity index is 690. The molecule has 0 aliphatic heterocycles. The highest BCUT2D eigenvalue weighted by molar-refractivity contribution is 7.74. The van der Waals surface area contributed by atoms with Crippen LogP contribution >= 0.6 is 0 Å². The molecular formula is C18H24O5S. The summed E-state index contributed by atoms with van der Waals surface area (Å²) in [5.41, 5.74) is 2.02. The van der Waals surface area contributed by atoms with E-state index in [0.29, 0.717) is 17.6 Å². The predicted molar refractivity (Wildman–Crippen MR) is 90.1 cm³/mol. The van der Waals surface area contributed by atoms with Crippen molar-refractivity contribution < 1.29 is 23.2 Å². The van der Waals surface area contributed by atoms with E-state index in [1.807, 2.05) is 0 Å². The van der Waals surface area contributed by atoms with Gasteiger partial charge in [0, 0.05) is 11.6 Å². The molecule has 3 N–H and O–H groups in total. The number of hydrogen-bond donors (Lipinski definition) is 3. The molecule has 0 heterocycles. The van der Waals surface area contributed by atoms with Crippen molar-refractivity contribution >= 4 is 11.4 Å². The van der Waals surface area contributed by atoms with E-state index in [1.54, 1.807) is 6.07 Å². The normalized spacial score (nSPS) is 38.8. The Hall–Kier alpha value is -1.11. The maximum absolute atomic E-state index is 11.2. The zero-order chi connectivity index (χ0) is 17.1. The van der Waals surface area contributed by atoms with Gasteiger partial charge in [-0.3, -0.25) is 4.55 Å². The average molecular weight is 352 g/mol. The number of phenolic OH excluding ortho intramolecular Hbond substituents is 1. The highest BCUT2D eigenvalue weighted by Crippen LogP contribution is 2.62. The standard InChI is InChI=1S/C18H24O5S/c1-18-7-6-13-12(14(18)4-5-16(18)20)3-2-10-8-11(19)9-15(17(10)13)23-24(21)22/h8-9,12-14,16,19-20H,2-7H2,1H3,(H,21,22)/t12-,13+,14+,16-,18+/m1/s1. The largest absolute Gasteiger partial charge is 0.508 e. The number of phenols is 1. The van der Waals surface area contributed by atoms with E-state index in [4.69, 9.17) is 8.74 Å². The van der Waals surface area contributed by atoms with Gasteiger partial charge < -0.3 is 14.4 Å². The number of aliphatic hydroxyl groups is 1. The quantitative estimate of drug-likeness (QED) is 0.712. The lowest BCUT2D eigenvalue weighted by Gasteiger charge is -2.50. The second-order valence-corrected chi connectivity index (χ2v) is 8.47. The van der Waals surface area contributed by atoms with Crippen LogP contribution in [0.2, 0.25) is 0 Å². The summed E-state index contributed by atoms with van der Waals surface area (Å²) in [6.07, 6.45) is 5.48. The lowest BCUT2D eigenvalue weighted by Crippen LogP contribution is -2.44. The van der Waals surface area contributed by atoms with Gasteiger partial charge in [-0.2, -0.15) is 4.21 Å². The van der Waals surface area contributed by atoms with Gasteiger partial charge in [-0.25, -0.2) is 0 Å². The van der Waals surface area contributed by atoms with E-state index < -0.39 is 11.4 Å². The van der Waals surface area contributed by atoms with Crippen molar-refractivity contribution in [1.82, 2.24) is 0 Å². The molecule has 1 aromatic carbocycles. The zero-order valence-electron chi connectivity index (χ0n) is 13.8. The summed E-state index contributed by atoms with van der Waals surface area (Å²) in [5, 5.41) is 20.4. The van der Waals surface area contributed by atoms with E-state index in [-0.39, 0.29) is 23.2 Å². The van der Waals surface area contributed by atoms with E-state index in [9.17, 15) is 14.4 Å². The molecule has 132 valence electrons. The van der Waals surface area contributed by atoms with Crippen LogP contribution in [0.1, 0.15) is 56.1 Å². The van der Waals surface area contributed by atoms with Crippen molar-refractivity contribution in [2.24, 2.45) is 17.3 Å². The summed E-state index contributed by atoms with van der Waals surface area (Å²) in [5.74, 6) is 1.64. The molecule has 6 atom stereocenters. The Balaban J connectivity index is 1.75. The minimum Gasteiger partial charge on any atom is -0.508 e. The number of aryl methyl sites for hydroxylation is 1. The van der Waals surface area contributed by atoms with Crippen LogP contribution in [0.4, 0.5) is 0 Å². The molecule has 24 heavy (non-hydrogen) atoms. The maximum Gasteiger partial charge on any atom is 0.357 e. The van der Waals surface area contributed by atoms with Crippen LogP contribution in [0.5, 0.6) is 11.5 Å². The summed E-state index contributed by atoms with van der Waals surface area (Å²) >= 11 is -2.41. The molecule has 6 heteroatoms. The Morgan fingerprint density at radius 2 is 2.04 bits per heavy atom. The number of fused-ring (bicyclic) bond motifs is 5. The van der Waals surface area contributed by atoms with Gasteiger partial charge >= 0.3 is 11.4 Å². The van der Waals surface area contributed by atoms with Crippen LogP contribution in [0, 0.1) is 17.3 Å². The van der Waals surface area contributed by atoms with Crippen molar-refractivity contribution in [2.45, 2.75) is 57.5 Å². The molecule has 3 aliphatic carbocycles. The van der Waals surface area contributed by atoms with Gasteiger partial charge in [-0.05, 0) is 73.3 Å². The first-order valence-electron chi connectivity index (χ1n) is 8.73. The lowest BCUT2D eigenvalue weighted by atomic mass is 9.55. The third kappa shape index (κ3) is 2.38. The zero-order valence-corrected chi connectivity index (χ0v) is 14.6. The van der Waals surface area contributed by atoms with Gasteiger partial charge in [0.05, 0.1) is 6.10 Å². The molecule has 0 amide bonds. The smallest absolute Gasteiger partial charge is 0.357 e. The Morgan fingerprint density at radius 3 is 2.79 bits per heavy atom. The van der Waals surface area contributed by atoms with E-state index >= 15 is 0 Å². The third-order valence-corrected chi connectivity index (χ3v) is 7.20. The van der Waals surface area contributed by atoms with E-state index in [1.165, 1.54) is 6.07 Å². The Kier molecular flexibility index (Phi) is 3.90. The molecule has 2 saturated carbocycles. The minimum absolute atomic E-state index is 0.00356. The second kappa shape index (κ2) is 5.71. The van der Waals surface area contributed by atoms with Crippen molar-refractivity contribution in [2.75, 3.05) is 0 Å². The Morgan fingerprint density at radius 1 is 1.25 bits per heavy atom. The first kappa shape index (κ1) is 16.4. The molecule has 2 fully saturated rings. The predicted octanol–water partition coefficient (Wildman–Crippen LogP) is 3.12. The minimum atomic E-state index is -2.41. The van der Waals surface area contributed by atoms with E-state index in [2.05, 4.69) is 6.92 Å². The van der Waals surface area contributed by atoms with Crippen molar-refractivity contribution in [3.05, 3.63) is 23.3 Å².